The van der Waals surface area contributed by atoms with Gasteiger partial charge >= 0.3 is 13.3 Å². The zero-order chi connectivity index (χ0) is 24.9. The van der Waals surface area contributed by atoms with Crippen molar-refractivity contribution in [2.24, 2.45) is 5.84 Å². The highest BCUT2D eigenvalue weighted by atomic mass is 31.2. The van der Waals surface area contributed by atoms with Crippen LogP contribution in [0.25, 0.3) is 0 Å². The highest BCUT2D eigenvalue weighted by Crippen LogP contribution is 2.47. The Bertz CT molecular complexity index is 972. The van der Waals surface area contributed by atoms with Crippen LogP contribution in [0.15, 0.2) is 48.6 Å². The van der Waals surface area contributed by atoms with E-state index in [0.29, 0.717) is 31.3 Å². The smallest absolute Gasteiger partial charge is 0.334 e. The fourth-order valence-corrected chi connectivity index (χ4v) is 4.08. The minimum atomic E-state index is -3.03. The Labute approximate surface area is 194 Å². The summed E-state index contributed by atoms with van der Waals surface area (Å²) in [7, 11) is -3.03. The number of aromatic hydroxyl groups is 1. The molecule has 0 aliphatic rings. The number of nitrogens with zero attached hydrogens (tertiary/aromatic N) is 1. The largest absolute Gasteiger partial charge is 0.502 e. The summed E-state index contributed by atoms with van der Waals surface area (Å²) >= 11 is 0. The Morgan fingerprint density at radius 3 is 2.24 bits per heavy atom. The summed E-state index contributed by atoms with van der Waals surface area (Å²) in [6.07, 6.45) is 3.76. The summed E-state index contributed by atoms with van der Waals surface area (Å²) in [5.74, 6) is 5.83. The number of nitrogen functional groups attached to an aromatic ring is 1. The third kappa shape index (κ3) is 10.0. The number of nitrogens with two attached hydrogens (primary N) is 1. The van der Waals surface area contributed by atoms with Crippen molar-refractivity contribution in [2.75, 3.05) is 31.4 Å². The van der Waals surface area contributed by atoms with Crippen molar-refractivity contribution in [2.45, 2.75) is 27.7 Å². The van der Waals surface area contributed by atoms with E-state index in [4.69, 9.17) is 24.7 Å². The van der Waals surface area contributed by atoms with Crippen LogP contribution < -0.4 is 16.0 Å². The Hall–Kier alpha value is -2.91. The van der Waals surface area contributed by atoms with Crippen molar-refractivity contribution in [3.63, 3.8) is 0 Å². The van der Waals surface area contributed by atoms with E-state index in [0.717, 1.165) is 11.1 Å². The predicted octanol–water partition coefficient (Wildman–Crippen LogP) is 5.09. The number of rotatable bonds is 11. The molecular formula is C22H32N3O7P. The second kappa shape index (κ2) is 14.3. The van der Waals surface area contributed by atoms with Crippen LogP contribution in [0, 0.1) is 24.0 Å². The lowest BCUT2D eigenvalue weighted by molar-refractivity contribution is -0.385. The van der Waals surface area contributed by atoms with Crippen LogP contribution in [0.4, 0.5) is 11.4 Å². The van der Waals surface area contributed by atoms with Crippen molar-refractivity contribution < 1.29 is 28.4 Å². The molecule has 11 heteroatoms. The zero-order valence-corrected chi connectivity index (χ0v) is 20.2. The number of nitro benzene ring substituents is 1. The van der Waals surface area contributed by atoms with Gasteiger partial charge in [0.05, 0.1) is 30.0 Å². The SMILES string of the molecule is CCOP(=O)(C/C=C/COc1cc(C)ccc1NN)OCC.Cc1ccc([N+](=O)[O-])c(O)c1. The number of phenolic OH excluding ortho intramolecular Hbond substituents is 1. The van der Waals surface area contributed by atoms with Gasteiger partial charge in [-0.3, -0.25) is 20.5 Å². The summed E-state index contributed by atoms with van der Waals surface area (Å²) in [6.45, 7) is 8.37. The van der Waals surface area contributed by atoms with Crippen LogP contribution in [0.2, 0.25) is 0 Å². The number of ether oxygens (including phenoxy) is 1. The molecule has 0 heterocycles. The van der Waals surface area contributed by atoms with Gasteiger partial charge in [-0.1, -0.05) is 24.3 Å². The van der Waals surface area contributed by atoms with Crippen molar-refractivity contribution >= 4 is 19.0 Å². The van der Waals surface area contributed by atoms with Gasteiger partial charge < -0.3 is 24.3 Å². The van der Waals surface area contributed by atoms with E-state index in [2.05, 4.69) is 5.43 Å². The normalized spacial score (nSPS) is 11.1. The summed E-state index contributed by atoms with van der Waals surface area (Å²) in [5.41, 5.74) is 4.93. The van der Waals surface area contributed by atoms with E-state index in [1.165, 1.54) is 12.1 Å². The van der Waals surface area contributed by atoms with E-state index >= 15 is 0 Å². The summed E-state index contributed by atoms with van der Waals surface area (Å²) in [5, 5.41) is 19.2. The van der Waals surface area contributed by atoms with Crippen molar-refractivity contribution in [3.8, 4) is 11.5 Å². The van der Waals surface area contributed by atoms with Gasteiger partial charge in [-0.2, -0.15) is 0 Å². The quantitative estimate of drug-likeness (QED) is 0.131. The fraction of sp³-hybridized carbons (Fsp3) is 0.364. The molecule has 0 bridgehead atoms. The van der Waals surface area contributed by atoms with E-state index < -0.39 is 12.5 Å². The Morgan fingerprint density at radius 2 is 1.70 bits per heavy atom. The molecule has 182 valence electrons. The number of hydrogen-bond donors (Lipinski definition) is 3. The minimum absolute atomic E-state index is 0.230. The number of nitro groups is 1. The number of hydrogen-bond acceptors (Lipinski definition) is 9. The van der Waals surface area contributed by atoms with Gasteiger partial charge in [0.2, 0.25) is 0 Å². The lowest BCUT2D eigenvalue weighted by Gasteiger charge is -2.14. The number of allylic oxidation sites excluding steroid dienone is 1. The summed E-state index contributed by atoms with van der Waals surface area (Å²) < 4.78 is 28.3. The number of nitrogens with one attached hydrogen (secondary N) is 1. The number of benzene rings is 2. The average molecular weight is 481 g/mol. The first-order valence-corrected chi connectivity index (χ1v) is 12.1. The third-order valence-corrected chi connectivity index (χ3v) is 6.06. The highest BCUT2D eigenvalue weighted by Gasteiger charge is 2.20. The topological polar surface area (TPSA) is 146 Å². The van der Waals surface area contributed by atoms with Crippen molar-refractivity contribution in [1.82, 2.24) is 0 Å². The Morgan fingerprint density at radius 1 is 1.09 bits per heavy atom. The van der Waals surface area contributed by atoms with Gasteiger partial charge in [-0.05, 0) is 57.0 Å². The molecule has 0 aliphatic carbocycles. The van der Waals surface area contributed by atoms with Gasteiger partial charge in [-0.25, -0.2) is 0 Å². The molecule has 0 aliphatic heterocycles. The molecule has 2 aromatic carbocycles. The molecule has 0 fully saturated rings. The molecule has 4 N–H and O–H groups in total. The number of anilines is 1. The van der Waals surface area contributed by atoms with Crippen LogP contribution in [0.5, 0.6) is 11.5 Å². The molecule has 0 radical (unpaired) electrons. The maximum atomic E-state index is 12.2. The monoisotopic (exact) mass is 481 g/mol. The van der Waals surface area contributed by atoms with E-state index in [1.807, 2.05) is 25.1 Å². The van der Waals surface area contributed by atoms with Crippen molar-refractivity contribution in [3.05, 3.63) is 69.8 Å². The number of aryl methyl sites for hydroxylation is 2. The van der Waals surface area contributed by atoms with Crippen LogP contribution in [0.1, 0.15) is 25.0 Å². The maximum absolute atomic E-state index is 12.2. The van der Waals surface area contributed by atoms with E-state index in [-0.39, 0.29) is 17.6 Å². The molecule has 33 heavy (non-hydrogen) atoms. The molecule has 10 nitrogen and oxygen atoms in total. The Balaban J connectivity index is 0.000000412. The first-order valence-electron chi connectivity index (χ1n) is 10.3. The standard InChI is InChI=1S/C15H25N2O4P.C7H7NO3/c1-4-20-22(18,21-5-2)11-7-6-10-19-15-12-13(3)8-9-14(15)17-16;1-5-2-3-6(8(10)11)7(9)4-5/h6-9,12,17H,4-5,10-11,16H2,1-3H3;2-4,9H,1H3/b7-6+;. The fourth-order valence-electron chi connectivity index (χ4n) is 2.60. The molecule has 0 saturated heterocycles. The second-order valence-corrected chi connectivity index (χ2v) is 8.91. The molecular weight excluding hydrogens is 449 g/mol. The molecule has 0 unspecified atom stereocenters. The predicted molar refractivity (Wildman–Crippen MR) is 129 cm³/mol. The van der Waals surface area contributed by atoms with Crippen LogP contribution in [-0.4, -0.2) is 36.0 Å². The van der Waals surface area contributed by atoms with Gasteiger partial charge in [0.15, 0.2) is 5.75 Å². The Kier molecular flexibility index (Phi) is 12.2. The van der Waals surface area contributed by atoms with E-state index in [9.17, 15) is 14.7 Å². The number of phenols is 1. The van der Waals surface area contributed by atoms with E-state index in [1.54, 1.807) is 39.0 Å². The molecule has 0 saturated carbocycles. The molecule has 0 atom stereocenters. The molecule has 0 aromatic heterocycles. The number of hydrazine groups is 1. The summed E-state index contributed by atoms with van der Waals surface area (Å²) in [6, 6.07) is 9.92. The first kappa shape index (κ1) is 28.1. The molecule has 0 spiro atoms. The highest BCUT2D eigenvalue weighted by molar-refractivity contribution is 7.54. The van der Waals surface area contributed by atoms with Crippen LogP contribution in [-0.2, 0) is 13.6 Å². The third-order valence-electron chi connectivity index (χ3n) is 4.10. The zero-order valence-electron chi connectivity index (χ0n) is 19.3. The van der Waals surface area contributed by atoms with Crippen LogP contribution >= 0.6 is 7.60 Å². The first-order chi connectivity index (χ1) is 15.7. The van der Waals surface area contributed by atoms with Crippen molar-refractivity contribution in [1.29, 1.82) is 0 Å². The lowest BCUT2D eigenvalue weighted by atomic mass is 10.2. The minimum Gasteiger partial charge on any atom is -0.502 e. The van der Waals surface area contributed by atoms with Crippen LogP contribution in [0.3, 0.4) is 0 Å². The average Bonchev–Trinajstić information content (AvgIpc) is 2.74. The molecule has 2 aromatic rings. The second-order valence-electron chi connectivity index (χ2n) is 6.80. The van der Waals surface area contributed by atoms with Gasteiger partial charge in [0, 0.05) is 6.07 Å². The van der Waals surface area contributed by atoms with Gasteiger partial charge in [-0.15, -0.1) is 0 Å². The lowest BCUT2D eigenvalue weighted by Crippen LogP contribution is -2.09. The molecule has 0 amide bonds. The maximum Gasteiger partial charge on any atom is 0.334 e. The van der Waals surface area contributed by atoms with Gasteiger partial charge in [0.25, 0.3) is 0 Å². The molecule has 2 rings (SSSR count). The summed E-state index contributed by atoms with van der Waals surface area (Å²) in [4.78, 5) is 9.56. The van der Waals surface area contributed by atoms with Gasteiger partial charge in [0.1, 0.15) is 12.4 Å².